The van der Waals surface area contributed by atoms with E-state index in [0.717, 1.165) is 23.4 Å². The van der Waals surface area contributed by atoms with E-state index in [1.165, 1.54) is 12.1 Å². The van der Waals surface area contributed by atoms with Crippen LogP contribution >= 0.6 is 0 Å². The first-order valence-corrected chi connectivity index (χ1v) is 9.07. The second-order valence-corrected chi connectivity index (χ2v) is 7.58. The first-order valence-electron chi connectivity index (χ1n) is 9.07. The minimum Gasteiger partial charge on any atom is -0.368 e. The van der Waals surface area contributed by atoms with E-state index < -0.39 is 17.3 Å². The molecule has 2 aromatic rings. The van der Waals surface area contributed by atoms with Gasteiger partial charge >= 0.3 is 6.18 Å². The van der Waals surface area contributed by atoms with Crippen LogP contribution in [0.25, 0.3) is 0 Å². The number of rotatable bonds is 4. The highest BCUT2D eigenvalue weighted by molar-refractivity contribution is 5.30. The highest BCUT2D eigenvalue weighted by Gasteiger charge is 2.43. The van der Waals surface area contributed by atoms with E-state index in [9.17, 15) is 13.2 Å². The third kappa shape index (κ3) is 4.32. The van der Waals surface area contributed by atoms with Crippen LogP contribution in [0.2, 0.25) is 0 Å². The summed E-state index contributed by atoms with van der Waals surface area (Å²) in [4.78, 5) is 0. The molecule has 148 valence electrons. The van der Waals surface area contributed by atoms with Gasteiger partial charge in [-0.25, -0.2) is 0 Å². The summed E-state index contributed by atoms with van der Waals surface area (Å²) in [6.07, 6.45) is -1.34. The van der Waals surface area contributed by atoms with E-state index in [0.29, 0.717) is 12.8 Å². The number of nitrogens with zero attached hydrogens (tertiary/aromatic N) is 3. The number of ether oxygens (including phenoxy) is 1. The van der Waals surface area contributed by atoms with Crippen LogP contribution in [0.4, 0.5) is 13.2 Å². The second-order valence-electron chi connectivity index (χ2n) is 7.58. The third-order valence-corrected chi connectivity index (χ3v) is 4.83. The van der Waals surface area contributed by atoms with Crippen molar-refractivity contribution in [2.75, 3.05) is 0 Å². The SMILES string of the molecule is CC(C)O[C@]1(c2ccc(C(F)(F)F)cc2)C[C@@H](c2cn(C)nn2)N[C@@H](C)C1. The molecule has 3 atom stereocenters. The topological polar surface area (TPSA) is 52.0 Å². The molecule has 0 radical (unpaired) electrons. The predicted octanol–water partition coefficient (Wildman–Crippen LogP) is 3.97. The molecule has 0 amide bonds. The van der Waals surface area contributed by atoms with Gasteiger partial charge < -0.3 is 10.1 Å². The maximum absolute atomic E-state index is 13.0. The van der Waals surface area contributed by atoms with Crippen molar-refractivity contribution in [2.24, 2.45) is 7.05 Å². The summed E-state index contributed by atoms with van der Waals surface area (Å²) in [6.45, 7) is 5.93. The van der Waals surface area contributed by atoms with Gasteiger partial charge in [-0.05, 0) is 44.9 Å². The average Bonchev–Trinajstić information content (AvgIpc) is 2.99. The van der Waals surface area contributed by atoms with Crippen molar-refractivity contribution in [2.45, 2.75) is 63.6 Å². The number of halogens is 3. The molecule has 8 heteroatoms. The van der Waals surface area contributed by atoms with Gasteiger partial charge in [0.25, 0.3) is 0 Å². The fourth-order valence-corrected chi connectivity index (χ4v) is 3.90. The molecule has 0 aliphatic carbocycles. The lowest BCUT2D eigenvalue weighted by Crippen LogP contribution is -2.49. The molecule has 1 aromatic heterocycles. The molecule has 0 bridgehead atoms. The number of piperidine rings is 1. The molecular weight excluding hydrogens is 357 g/mol. The van der Waals surface area contributed by atoms with E-state index in [2.05, 4.69) is 15.6 Å². The first-order chi connectivity index (χ1) is 12.6. The molecule has 5 nitrogen and oxygen atoms in total. The molecule has 1 aromatic carbocycles. The second kappa shape index (κ2) is 7.24. The lowest BCUT2D eigenvalue weighted by Gasteiger charge is -2.45. The van der Waals surface area contributed by atoms with E-state index in [1.54, 1.807) is 11.7 Å². The molecule has 1 N–H and O–H groups in total. The van der Waals surface area contributed by atoms with Gasteiger partial charge in [0, 0.05) is 25.7 Å². The van der Waals surface area contributed by atoms with Crippen molar-refractivity contribution in [3.63, 3.8) is 0 Å². The first kappa shape index (κ1) is 19.8. The molecule has 1 aliphatic rings. The van der Waals surface area contributed by atoms with Crippen LogP contribution in [0.5, 0.6) is 0 Å². The minimum absolute atomic E-state index is 0.0694. The van der Waals surface area contributed by atoms with Gasteiger partial charge in [0.05, 0.1) is 29.0 Å². The van der Waals surface area contributed by atoms with Gasteiger partial charge in [-0.3, -0.25) is 4.68 Å². The Morgan fingerprint density at radius 1 is 1.22 bits per heavy atom. The summed E-state index contributed by atoms with van der Waals surface area (Å²) in [6, 6.07) is 5.35. The van der Waals surface area contributed by atoms with E-state index >= 15 is 0 Å². The fraction of sp³-hybridized carbons (Fsp3) is 0.579. The van der Waals surface area contributed by atoms with Crippen molar-refractivity contribution in [1.29, 1.82) is 0 Å². The van der Waals surface area contributed by atoms with Gasteiger partial charge in [0.15, 0.2) is 0 Å². The maximum atomic E-state index is 13.0. The highest BCUT2D eigenvalue weighted by atomic mass is 19.4. The number of benzene rings is 1. The Balaban J connectivity index is 1.98. The van der Waals surface area contributed by atoms with Crippen LogP contribution in [-0.4, -0.2) is 27.1 Å². The van der Waals surface area contributed by atoms with Gasteiger partial charge in [-0.15, -0.1) is 5.10 Å². The highest BCUT2D eigenvalue weighted by Crippen LogP contribution is 2.44. The average molecular weight is 382 g/mol. The standard InChI is InChI=1S/C19H25F3N4O/c1-12(2)27-18(14-5-7-15(8-6-14)19(20,21)22)9-13(3)23-16(10-18)17-11-26(4)25-24-17/h5-8,11-13,16,23H,9-10H2,1-4H3/t13-,16-,18-/m0/s1. The van der Waals surface area contributed by atoms with Crippen molar-refractivity contribution in [3.8, 4) is 0 Å². The predicted molar refractivity (Wildman–Crippen MR) is 94.9 cm³/mol. The number of aromatic nitrogens is 3. The zero-order valence-electron chi connectivity index (χ0n) is 15.9. The lowest BCUT2D eigenvalue weighted by atomic mass is 9.77. The minimum atomic E-state index is -4.35. The summed E-state index contributed by atoms with van der Waals surface area (Å²) < 4.78 is 46.9. The Kier molecular flexibility index (Phi) is 5.31. The van der Waals surface area contributed by atoms with Gasteiger partial charge in [0.2, 0.25) is 0 Å². The summed E-state index contributed by atoms with van der Waals surface area (Å²) in [7, 11) is 1.80. The smallest absolute Gasteiger partial charge is 0.368 e. The van der Waals surface area contributed by atoms with Crippen molar-refractivity contribution < 1.29 is 17.9 Å². The van der Waals surface area contributed by atoms with Crippen molar-refractivity contribution >= 4 is 0 Å². The Labute approximate surface area is 156 Å². The van der Waals surface area contributed by atoms with Crippen molar-refractivity contribution in [1.82, 2.24) is 20.3 Å². The third-order valence-electron chi connectivity index (χ3n) is 4.83. The monoisotopic (exact) mass is 382 g/mol. The zero-order valence-corrected chi connectivity index (χ0v) is 15.9. The summed E-state index contributed by atoms with van der Waals surface area (Å²) >= 11 is 0. The maximum Gasteiger partial charge on any atom is 0.416 e. The van der Waals surface area contributed by atoms with Gasteiger partial charge in [0.1, 0.15) is 0 Å². The van der Waals surface area contributed by atoms with Crippen LogP contribution in [-0.2, 0) is 23.6 Å². The fourth-order valence-electron chi connectivity index (χ4n) is 3.90. The largest absolute Gasteiger partial charge is 0.416 e. The normalized spacial score (nSPS) is 26.5. The Bertz CT molecular complexity index is 768. The molecule has 1 fully saturated rings. The summed E-state index contributed by atoms with van der Waals surface area (Å²) in [5.41, 5.74) is 0.211. The summed E-state index contributed by atoms with van der Waals surface area (Å²) in [5, 5.41) is 11.7. The number of nitrogens with one attached hydrogen (secondary N) is 1. The Morgan fingerprint density at radius 2 is 1.89 bits per heavy atom. The van der Waals surface area contributed by atoms with Crippen LogP contribution in [0, 0.1) is 0 Å². The van der Waals surface area contributed by atoms with Crippen LogP contribution < -0.4 is 5.32 Å². The molecule has 1 aliphatic heterocycles. The number of aryl methyl sites for hydroxylation is 1. The van der Waals surface area contributed by atoms with Crippen LogP contribution in [0.1, 0.15) is 56.5 Å². The zero-order chi connectivity index (χ0) is 19.8. The molecule has 0 unspecified atom stereocenters. The van der Waals surface area contributed by atoms with Crippen molar-refractivity contribution in [3.05, 3.63) is 47.3 Å². The number of hydrogen-bond acceptors (Lipinski definition) is 4. The molecule has 0 saturated carbocycles. The Morgan fingerprint density at radius 3 is 2.41 bits per heavy atom. The summed E-state index contributed by atoms with van der Waals surface area (Å²) in [5.74, 6) is 0. The quantitative estimate of drug-likeness (QED) is 0.870. The molecule has 3 rings (SSSR count). The van der Waals surface area contributed by atoms with Crippen LogP contribution in [0.15, 0.2) is 30.5 Å². The molecule has 0 spiro atoms. The van der Waals surface area contributed by atoms with Crippen LogP contribution in [0.3, 0.4) is 0 Å². The molecule has 27 heavy (non-hydrogen) atoms. The van der Waals surface area contributed by atoms with E-state index in [1.807, 2.05) is 27.0 Å². The molecular formula is C19H25F3N4O. The van der Waals surface area contributed by atoms with E-state index in [4.69, 9.17) is 4.74 Å². The van der Waals surface area contributed by atoms with Gasteiger partial charge in [-0.1, -0.05) is 17.3 Å². The lowest BCUT2D eigenvalue weighted by molar-refractivity contribution is -0.138. The van der Waals surface area contributed by atoms with Gasteiger partial charge in [-0.2, -0.15) is 13.2 Å². The number of hydrogen-bond donors (Lipinski definition) is 1. The van der Waals surface area contributed by atoms with E-state index in [-0.39, 0.29) is 18.2 Å². The molecule has 1 saturated heterocycles. The Hall–Kier alpha value is -1.93. The molecule has 2 heterocycles. The number of alkyl halides is 3.